The van der Waals surface area contributed by atoms with Crippen LogP contribution < -0.4 is 5.32 Å². The molecule has 0 saturated carbocycles. The number of nitrogens with one attached hydrogen (secondary N) is 1. The highest BCUT2D eigenvalue weighted by atomic mass is 14.9. The molecule has 2 aromatic carbocycles. The lowest BCUT2D eigenvalue weighted by Gasteiger charge is -2.17. The molecule has 2 aromatic rings. The van der Waals surface area contributed by atoms with Crippen molar-refractivity contribution in [3.05, 3.63) is 90.0 Å². The number of hydrogen-bond acceptors (Lipinski definition) is 1. The second kappa shape index (κ2) is 6.55. The molecule has 1 aliphatic rings. The molecular weight excluding hydrogens is 254 g/mol. The van der Waals surface area contributed by atoms with Crippen LogP contribution in [0.3, 0.4) is 0 Å². The van der Waals surface area contributed by atoms with E-state index < -0.39 is 0 Å². The number of benzene rings is 2. The van der Waals surface area contributed by atoms with Gasteiger partial charge >= 0.3 is 0 Å². The van der Waals surface area contributed by atoms with Crippen LogP contribution in [0.5, 0.6) is 0 Å². The van der Waals surface area contributed by atoms with Gasteiger partial charge in [-0.25, -0.2) is 0 Å². The largest absolute Gasteiger partial charge is 0.310 e. The lowest BCUT2D eigenvalue weighted by atomic mass is 9.89. The summed E-state index contributed by atoms with van der Waals surface area (Å²) in [5.41, 5.74) is 5.49. The summed E-state index contributed by atoms with van der Waals surface area (Å²) < 4.78 is 0. The maximum atomic E-state index is 3.90. The normalized spacial score (nSPS) is 17.7. The van der Waals surface area contributed by atoms with Gasteiger partial charge in [-0.1, -0.05) is 66.7 Å². The van der Waals surface area contributed by atoms with Crippen LogP contribution in [0, 0.1) is 0 Å². The molecule has 1 aliphatic heterocycles. The van der Waals surface area contributed by atoms with Gasteiger partial charge in [0.25, 0.3) is 0 Å². The molecule has 0 aromatic heterocycles. The van der Waals surface area contributed by atoms with Crippen LogP contribution in [0.25, 0.3) is 5.57 Å². The molecular formula is C20H21N. The van der Waals surface area contributed by atoms with Gasteiger partial charge in [0.15, 0.2) is 0 Å². The van der Waals surface area contributed by atoms with Crippen molar-refractivity contribution in [3.8, 4) is 0 Å². The summed E-state index contributed by atoms with van der Waals surface area (Å²) in [5.74, 6) is 0. The predicted molar refractivity (Wildman–Crippen MR) is 90.1 cm³/mol. The Balaban J connectivity index is 2.15. The molecule has 1 heterocycles. The molecule has 1 unspecified atom stereocenters. The van der Waals surface area contributed by atoms with E-state index in [1.807, 2.05) is 6.08 Å². The second-order valence-electron chi connectivity index (χ2n) is 5.41. The Kier molecular flexibility index (Phi) is 4.32. The van der Waals surface area contributed by atoms with Crippen molar-refractivity contribution < 1.29 is 0 Å². The Morgan fingerprint density at radius 2 is 1.57 bits per heavy atom. The monoisotopic (exact) mass is 275 g/mol. The minimum atomic E-state index is 0.415. The van der Waals surface area contributed by atoms with Gasteiger partial charge in [0.1, 0.15) is 0 Å². The van der Waals surface area contributed by atoms with E-state index in [9.17, 15) is 0 Å². The first kappa shape index (κ1) is 13.8. The highest BCUT2D eigenvalue weighted by Crippen LogP contribution is 2.33. The highest BCUT2D eigenvalue weighted by molar-refractivity contribution is 5.83. The maximum absolute atomic E-state index is 3.90. The van der Waals surface area contributed by atoms with Gasteiger partial charge < -0.3 is 5.32 Å². The van der Waals surface area contributed by atoms with Crippen molar-refractivity contribution in [3.63, 3.8) is 0 Å². The van der Waals surface area contributed by atoms with Gasteiger partial charge in [-0.05, 0) is 41.7 Å². The van der Waals surface area contributed by atoms with E-state index in [1.165, 1.54) is 22.3 Å². The summed E-state index contributed by atoms with van der Waals surface area (Å²) in [5, 5.41) is 3.60. The Hall–Kier alpha value is -2.12. The van der Waals surface area contributed by atoms with Crippen LogP contribution in [0.4, 0.5) is 0 Å². The van der Waals surface area contributed by atoms with Crippen LogP contribution in [-0.4, -0.2) is 12.6 Å². The fraction of sp³-hybridized carbons (Fsp3) is 0.200. The molecule has 0 radical (unpaired) electrons. The van der Waals surface area contributed by atoms with E-state index in [4.69, 9.17) is 0 Å². The van der Waals surface area contributed by atoms with Gasteiger partial charge in [-0.3, -0.25) is 0 Å². The van der Waals surface area contributed by atoms with E-state index in [2.05, 4.69) is 72.6 Å². The molecule has 0 amide bonds. The summed E-state index contributed by atoms with van der Waals surface area (Å²) >= 11 is 0. The highest BCUT2D eigenvalue weighted by Gasteiger charge is 2.23. The first-order valence-corrected chi connectivity index (χ1v) is 7.58. The van der Waals surface area contributed by atoms with Crippen LogP contribution in [-0.2, 0) is 0 Å². The zero-order valence-corrected chi connectivity index (χ0v) is 12.3. The van der Waals surface area contributed by atoms with Crippen molar-refractivity contribution in [1.82, 2.24) is 5.32 Å². The third kappa shape index (κ3) is 2.98. The van der Waals surface area contributed by atoms with E-state index in [0.29, 0.717) is 6.04 Å². The first-order valence-electron chi connectivity index (χ1n) is 7.58. The third-order valence-electron chi connectivity index (χ3n) is 4.05. The van der Waals surface area contributed by atoms with Gasteiger partial charge in [-0.2, -0.15) is 0 Å². The van der Waals surface area contributed by atoms with Crippen LogP contribution in [0.2, 0.25) is 0 Å². The average Bonchev–Trinajstić information content (AvgIpc) is 2.98. The summed E-state index contributed by atoms with van der Waals surface area (Å²) in [7, 11) is 0. The molecule has 106 valence electrons. The molecule has 1 heteroatoms. The predicted octanol–water partition coefficient (Wildman–Crippen LogP) is 4.43. The second-order valence-corrected chi connectivity index (χ2v) is 5.41. The summed E-state index contributed by atoms with van der Waals surface area (Å²) in [6.07, 6.45) is 4.10. The third-order valence-corrected chi connectivity index (χ3v) is 4.05. The lowest BCUT2D eigenvalue weighted by Crippen LogP contribution is -2.22. The molecule has 21 heavy (non-hydrogen) atoms. The molecule has 0 bridgehead atoms. The molecule has 1 N–H and O–H groups in total. The standard InChI is InChI=1S/C20H21N/c1-2-9-19-18(14-15-21-19)20(16-10-5-3-6-11-16)17-12-7-4-8-13-17/h2-8,10-13,19,21H,1,9,14-15H2. The molecule has 0 spiro atoms. The number of rotatable bonds is 4. The lowest BCUT2D eigenvalue weighted by molar-refractivity contribution is 0.674. The minimum absolute atomic E-state index is 0.415. The van der Waals surface area contributed by atoms with Crippen molar-refractivity contribution in [2.24, 2.45) is 0 Å². The van der Waals surface area contributed by atoms with Gasteiger partial charge in [0.2, 0.25) is 0 Å². The molecule has 0 aliphatic carbocycles. The Morgan fingerprint density at radius 1 is 1.00 bits per heavy atom. The fourth-order valence-electron chi connectivity index (χ4n) is 3.12. The van der Waals surface area contributed by atoms with E-state index >= 15 is 0 Å². The SMILES string of the molecule is C=CCC1NCCC1=C(c1ccccc1)c1ccccc1. The topological polar surface area (TPSA) is 12.0 Å². The van der Waals surface area contributed by atoms with E-state index in [-0.39, 0.29) is 0 Å². The van der Waals surface area contributed by atoms with E-state index in [0.717, 1.165) is 19.4 Å². The molecule has 3 rings (SSSR count). The van der Waals surface area contributed by atoms with Crippen molar-refractivity contribution in [2.45, 2.75) is 18.9 Å². The first-order chi connectivity index (χ1) is 10.4. The van der Waals surface area contributed by atoms with Crippen LogP contribution in [0.1, 0.15) is 24.0 Å². The van der Waals surface area contributed by atoms with Crippen molar-refractivity contribution in [2.75, 3.05) is 6.54 Å². The fourth-order valence-corrected chi connectivity index (χ4v) is 3.12. The van der Waals surface area contributed by atoms with Crippen molar-refractivity contribution in [1.29, 1.82) is 0 Å². The molecule has 1 saturated heterocycles. The maximum Gasteiger partial charge on any atom is 0.0323 e. The zero-order valence-electron chi connectivity index (χ0n) is 12.3. The zero-order chi connectivity index (χ0) is 14.5. The Bertz CT molecular complexity index is 584. The van der Waals surface area contributed by atoms with Crippen LogP contribution >= 0.6 is 0 Å². The summed E-state index contributed by atoms with van der Waals surface area (Å²) in [6.45, 7) is 4.95. The van der Waals surface area contributed by atoms with Crippen LogP contribution in [0.15, 0.2) is 78.9 Å². The smallest absolute Gasteiger partial charge is 0.0323 e. The molecule has 1 fully saturated rings. The molecule has 1 atom stereocenters. The van der Waals surface area contributed by atoms with Gasteiger partial charge in [0.05, 0.1) is 0 Å². The van der Waals surface area contributed by atoms with Gasteiger partial charge in [-0.15, -0.1) is 6.58 Å². The van der Waals surface area contributed by atoms with Gasteiger partial charge in [0, 0.05) is 6.04 Å². The quantitative estimate of drug-likeness (QED) is 0.814. The molecule has 1 nitrogen and oxygen atoms in total. The van der Waals surface area contributed by atoms with Crippen molar-refractivity contribution >= 4 is 5.57 Å². The summed E-state index contributed by atoms with van der Waals surface area (Å²) in [4.78, 5) is 0. The number of hydrogen-bond donors (Lipinski definition) is 1. The Morgan fingerprint density at radius 3 is 2.10 bits per heavy atom. The summed E-state index contributed by atoms with van der Waals surface area (Å²) in [6, 6.07) is 21.9. The minimum Gasteiger partial charge on any atom is -0.310 e. The van der Waals surface area contributed by atoms with E-state index in [1.54, 1.807) is 0 Å². The Labute approximate surface area is 127 Å². The average molecular weight is 275 g/mol.